The van der Waals surface area contributed by atoms with Gasteiger partial charge in [-0.25, -0.2) is 0 Å². The van der Waals surface area contributed by atoms with Crippen LogP contribution in [0.3, 0.4) is 0 Å². The highest BCUT2D eigenvalue weighted by molar-refractivity contribution is 9.10. The molecule has 0 unspecified atom stereocenters. The van der Waals surface area contributed by atoms with E-state index < -0.39 is 5.92 Å². The van der Waals surface area contributed by atoms with Gasteiger partial charge >= 0.3 is 0 Å². The summed E-state index contributed by atoms with van der Waals surface area (Å²) in [5, 5.41) is 0. The van der Waals surface area contributed by atoms with Gasteiger partial charge in [0.05, 0.1) is 7.11 Å². The predicted molar refractivity (Wildman–Crippen MR) is 137 cm³/mol. The van der Waals surface area contributed by atoms with E-state index in [1.54, 1.807) is 14.2 Å². The van der Waals surface area contributed by atoms with Crippen molar-refractivity contribution in [3.05, 3.63) is 50.8 Å². The van der Waals surface area contributed by atoms with Crippen LogP contribution in [-0.4, -0.2) is 43.8 Å². The predicted octanol–water partition coefficient (Wildman–Crippen LogP) is 6.18. The lowest BCUT2D eigenvalue weighted by Gasteiger charge is -2.49. The summed E-state index contributed by atoms with van der Waals surface area (Å²) in [4.78, 5) is 29.9. The number of ether oxygens (including phenoxy) is 2. The van der Waals surface area contributed by atoms with Gasteiger partial charge in [0.25, 0.3) is 0 Å². The van der Waals surface area contributed by atoms with Crippen LogP contribution in [0.1, 0.15) is 71.3 Å². The van der Waals surface area contributed by atoms with Crippen molar-refractivity contribution in [2.24, 2.45) is 10.8 Å². The van der Waals surface area contributed by atoms with E-state index in [9.17, 15) is 9.59 Å². The molecule has 0 fully saturated rings. The maximum atomic E-state index is 13.8. The van der Waals surface area contributed by atoms with Crippen molar-refractivity contribution < 1.29 is 19.1 Å². The summed E-state index contributed by atoms with van der Waals surface area (Å²) in [6.07, 6.45) is 3.40. The first-order valence-electron chi connectivity index (χ1n) is 12.1. The summed E-state index contributed by atoms with van der Waals surface area (Å²) in [5.74, 6) is 0.580. The normalized spacial score (nSPS) is 22.1. The van der Waals surface area contributed by atoms with Crippen LogP contribution < -0.4 is 4.74 Å². The van der Waals surface area contributed by atoms with Crippen molar-refractivity contribution in [2.75, 3.05) is 27.4 Å². The minimum atomic E-state index is -0.400. The van der Waals surface area contributed by atoms with Crippen LogP contribution in [0.15, 0.2) is 45.2 Å². The molecule has 1 aromatic carbocycles. The van der Waals surface area contributed by atoms with Gasteiger partial charge in [-0.2, -0.15) is 0 Å². The van der Waals surface area contributed by atoms with E-state index in [1.165, 1.54) is 0 Å². The third kappa shape index (κ3) is 4.64. The lowest BCUT2D eigenvalue weighted by molar-refractivity contribution is -0.119. The maximum Gasteiger partial charge on any atom is 0.162 e. The first-order valence-corrected chi connectivity index (χ1v) is 12.9. The van der Waals surface area contributed by atoms with E-state index in [0.29, 0.717) is 25.2 Å². The summed E-state index contributed by atoms with van der Waals surface area (Å²) in [6, 6.07) is 5.86. The average molecular weight is 531 g/mol. The van der Waals surface area contributed by atoms with Crippen molar-refractivity contribution in [2.45, 2.75) is 65.7 Å². The molecule has 1 heterocycles. The largest absolute Gasteiger partial charge is 0.496 e. The van der Waals surface area contributed by atoms with Gasteiger partial charge in [0, 0.05) is 71.6 Å². The number of halogens is 1. The molecule has 1 aliphatic heterocycles. The lowest BCUT2D eigenvalue weighted by atomic mass is 9.63. The Labute approximate surface area is 211 Å². The Kier molecular flexibility index (Phi) is 6.87. The number of benzene rings is 1. The standard InChI is InChI=1S/C28H36BrNO4/c1-27(2)13-19-25(21(31)15-27)24(18-12-17(29)8-9-23(18)34-6)26-20(30(19)10-7-11-33-5)14-28(3,4)16-22(26)32/h8-9,12,24H,7,10-11,13-16H2,1-6H3. The van der Waals surface area contributed by atoms with Gasteiger partial charge in [-0.15, -0.1) is 0 Å². The number of nitrogens with zero attached hydrogens (tertiary/aromatic N) is 1. The van der Waals surface area contributed by atoms with Crippen LogP contribution in [0.4, 0.5) is 0 Å². The number of carbonyl (C=O) groups excluding carboxylic acids is 2. The Morgan fingerprint density at radius 3 is 2.00 bits per heavy atom. The minimum Gasteiger partial charge on any atom is -0.496 e. The summed E-state index contributed by atoms with van der Waals surface area (Å²) < 4.78 is 12.0. The molecule has 0 amide bonds. The molecule has 2 aliphatic carbocycles. The smallest absolute Gasteiger partial charge is 0.162 e. The Morgan fingerprint density at radius 1 is 0.941 bits per heavy atom. The van der Waals surface area contributed by atoms with E-state index in [0.717, 1.165) is 58.4 Å². The van der Waals surface area contributed by atoms with E-state index in [4.69, 9.17) is 9.47 Å². The quantitative estimate of drug-likeness (QED) is 0.411. The molecule has 0 radical (unpaired) electrons. The molecule has 0 saturated heterocycles. The Bertz CT molecular complexity index is 1030. The first kappa shape index (κ1) is 25.2. The second-order valence-electron chi connectivity index (χ2n) is 11.4. The summed E-state index contributed by atoms with van der Waals surface area (Å²) >= 11 is 3.61. The molecular weight excluding hydrogens is 494 g/mol. The van der Waals surface area contributed by atoms with E-state index in [1.807, 2.05) is 18.2 Å². The third-order valence-electron chi connectivity index (χ3n) is 7.25. The zero-order chi connectivity index (χ0) is 24.8. The monoisotopic (exact) mass is 529 g/mol. The molecule has 0 aromatic heterocycles. The van der Waals surface area contributed by atoms with E-state index in [-0.39, 0.29) is 22.4 Å². The highest BCUT2D eigenvalue weighted by Crippen LogP contribution is 2.55. The highest BCUT2D eigenvalue weighted by Gasteiger charge is 2.49. The van der Waals surface area contributed by atoms with Crippen LogP contribution in [0.2, 0.25) is 0 Å². The van der Waals surface area contributed by atoms with E-state index in [2.05, 4.69) is 48.5 Å². The number of Topliss-reactive ketones (excluding diaryl/α,β-unsaturated/α-hetero) is 2. The van der Waals surface area contributed by atoms with Gasteiger partial charge in [0.15, 0.2) is 11.6 Å². The summed E-state index contributed by atoms with van der Waals surface area (Å²) in [6.45, 7) is 10.0. The van der Waals surface area contributed by atoms with Gasteiger partial charge in [0.2, 0.25) is 0 Å². The van der Waals surface area contributed by atoms with E-state index >= 15 is 0 Å². The van der Waals surface area contributed by atoms with Crippen LogP contribution in [0, 0.1) is 10.8 Å². The fraction of sp³-hybridized carbons (Fsp3) is 0.571. The van der Waals surface area contributed by atoms with Crippen LogP contribution in [0.5, 0.6) is 5.75 Å². The number of allylic oxidation sites excluding steroid dienone is 4. The van der Waals surface area contributed by atoms with Gasteiger partial charge in [-0.05, 0) is 48.3 Å². The molecule has 0 bridgehead atoms. The fourth-order valence-corrected chi connectivity index (χ4v) is 6.31. The Balaban J connectivity index is 2.00. The molecule has 34 heavy (non-hydrogen) atoms. The molecular formula is C28H36BrNO4. The molecule has 0 saturated carbocycles. The van der Waals surface area contributed by atoms with Crippen molar-refractivity contribution in [3.8, 4) is 5.75 Å². The first-order chi connectivity index (χ1) is 16.0. The van der Waals surface area contributed by atoms with Crippen LogP contribution in [0.25, 0.3) is 0 Å². The van der Waals surface area contributed by atoms with Gasteiger partial charge in [0.1, 0.15) is 5.75 Å². The minimum absolute atomic E-state index is 0.131. The fourth-order valence-electron chi connectivity index (χ4n) is 5.93. The number of rotatable bonds is 6. The second kappa shape index (κ2) is 9.27. The van der Waals surface area contributed by atoms with Crippen molar-refractivity contribution >= 4 is 27.5 Å². The van der Waals surface area contributed by atoms with Gasteiger partial charge < -0.3 is 14.4 Å². The molecule has 3 aliphatic rings. The topological polar surface area (TPSA) is 55.8 Å². The molecule has 5 nitrogen and oxygen atoms in total. The zero-order valence-corrected chi connectivity index (χ0v) is 22.8. The molecule has 1 aromatic rings. The SMILES string of the molecule is COCCCN1C2=C(C(=O)CC(C)(C)C2)C(c2cc(Br)ccc2OC)C2=C1CC(C)(C)CC2=O. The van der Waals surface area contributed by atoms with Gasteiger partial charge in [-0.1, -0.05) is 43.6 Å². The Morgan fingerprint density at radius 2 is 1.50 bits per heavy atom. The maximum absolute atomic E-state index is 13.8. The van der Waals surface area contributed by atoms with Crippen molar-refractivity contribution in [1.29, 1.82) is 0 Å². The number of hydrogen-bond acceptors (Lipinski definition) is 5. The second-order valence-corrected chi connectivity index (χ2v) is 12.3. The van der Waals surface area contributed by atoms with Crippen molar-refractivity contribution in [3.63, 3.8) is 0 Å². The Hall–Kier alpha value is -1.92. The number of ketones is 2. The molecule has 0 atom stereocenters. The molecule has 184 valence electrons. The number of methoxy groups -OCH3 is 2. The summed E-state index contributed by atoms with van der Waals surface area (Å²) in [5.41, 5.74) is 4.33. The number of carbonyl (C=O) groups is 2. The zero-order valence-electron chi connectivity index (χ0n) is 21.2. The van der Waals surface area contributed by atoms with Gasteiger partial charge in [-0.3, -0.25) is 9.59 Å². The molecule has 0 N–H and O–H groups in total. The lowest BCUT2D eigenvalue weighted by Crippen LogP contribution is -2.44. The van der Waals surface area contributed by atoms with Crippen molar-refractivity contribution in [1.82, 2.24) is 4.90 Å². The molecule has 4 rings (SSSR count). The highest BCUT2D eigenvalue weighted by atomic mass is 79.9. The number of hydrogen-bond donors (Lipinski definition) is 0. The molecule has 6 heteroatoms. The summed E-state index contributed by atoms with van der Waals surface area (Å²) in [7, 11) is 3.36. The average Bonchev–Trinajstić information content (AvgIpc) is 2.72. The van der Waals surface area contributed by atoms with Crippen LogP contribution in [-0.2, 0) is 14.3 Å². The molecule has 0 spiro atoms. The third-order valence-corrected chi connectivity index (χ3v) is 7.75. The van der Waals surface area contributed by atoms with Crippen LogP contribution >= 0.6 is 15.9 Å².